The molecule has 0 heterocycles. The van der Waals surface area contributed by atoms with Gasteiger partial charge in [0.05, 0.1) is 5.56 Å². The van der Waals surface area contributed by atoms with Gasteiger partial charge in [-0.3, -0.25) is 0 Å². The Morgan fingerprint density at radius 1 is 1.05 bits per heavy atom. The van der Waals surface area contributed by atoms with Gasteiger partial charge in [0.2, 0.25) is 0 Å². The molecule has 1 aliphatic carbocycles. The van der Waals surface area contributed by atoms with Crippen molar-refractivity contribution in [2.75, 3.05) is 0 Å². The minimum absolute atomic E-state index is 0.0767. The maximum absolute atomic E-state index is 12.5. The van der Waals surface area contributed by atoms with E-state index in [4.69, 9.17) is 0 Å². The lowest BCUT2D eigenvalue weighted by atomic mass is 9.97. The van der Waals surface area contributed by atoms with Crippen LogP contribution in [0.2, 0.25) is 0 Å². The molecule has 0 saturated heterocycles. The highest BCUT2D eigenvalue weighted by atomic mass is 19.4. The van der Waals surface area contributed by atoms with E-state index in [2.05, 4.69) is 12.2 Å². The highest BCUT2D eigenvalue weighted by molar-refractivity contribution is 5.26. The zero-order chi connectivity index (χ0) is 14.8. The van der Waals surface area contributed by atoms with Crippen LogP contribution >= 0.6 is 0 Å². The van der Waals surface area contributed by atoms with Crippen molar-refractivity contribution >= 4 is 0 Å². The molecule has 0 aliphatic heterocycles. The molecule has 1 saturated carbocycles. The van der Waals surface area contributed by atoms with Crippen molar-refractivity contribution in [3.8, 4) is 0 Å². The lowest BCUT2D eigenvalue weighted by Gasteiger charge is -2.25. The molecule has 1 nitrogen and oxygen atoms in total. The third-order valence-corrected chi connectivity index (χ3v) is 4.36. The molecule has 0 amide bonds. The van der Waals surface area contributed by atoms with Crippen molar-refractivity contribution < 1.29 is 13.2 Å². The van der Waals surface area contributed by atoms with Crippen molar-refractivity contribution in [2.24, 2.45) is 5.92 Å². The van der Waals surface area contributed by atoms with Crippen LogP contribution in [-0.4, -0.2) is 6.04 Å². The summed E-state index contributed by atoms with van der Waals surface area (Å²) < 4.78 is 37.6. The molecule has 1 N–H and O–H groups in total. The largest absolute Gasteiger partial charge is 0.416 e. The fourth-order valence-corrected chi connectivity index (χ4v) is 3.04. The SMILES string of the molecule is CC(NC(C)C1CCCC1)c1ccc(C(F)(F)F)cc1. The lowest BCUT2D eigenvalue weighted by molar-refractivity contribution is -0.137. The van der Waals surface area contributed by atoms with E-state index >= 15 is 0 Å². The molecule has 2 rings (SSSR count). The third-order valence-electron chi connectivity index (χ3n) is 4.36. The van der Waals surface area contributed by atoms with E-state index in [9.17, 15) is 13.2 Å². The number of hydrogen-bond acceptors (Lipinski definition) is 1. The van der Waals surface area contributed by atoms with Gasteiger partial charge in [-0.25, -0.2) is 0 Å². The number of alkyl halides is 3. The summed E-state index contributed by atoms with van der Waals surface area (Å²) in [5.74, 6) is 0.701. The van der Waals surface area contributed by atoms with Gasteiger partial charge in [0.15, 0.2) is 0 Å². The Bertz CT molecular complexity index is 418. The van der Waals surface area contributed by atoms with Crippen LogP contribution in [0.5, 0.6) is 0 Å². The fraction of sp³-hybridized carbons (Fsp3) is 0.625. The smallest absolute Gasteiger partial charge is 0.307 e. The van der Waals surface area contributed by atoms with E-state index in [1.54, 1.807) is 12.1 Å². The molecule has 1 aromatic carbocycles. The van der Waals surface area contributed by atoms with Crippen molar-refractivity contribution in [1.29, 1.82) is 0 Å². The van der Waals surface area contributed by atoms with Gasteiger partial charge in [0.1, 0.15) is 0 Å². The highest BCUT2D eigenvalue weighted by Gasteiger charge is 2.30. The Balaban J connectivity index is 1.96. The second-order valence-corrected chi connectivity index (χ2v) is 5.84. The van der Waals surface area contributed by atoms with Crippen LogP contribution < -0.4 is 5.32 Å². The van der Waals surface area contributed by atoms with Crippen molar-refractivity contribution in [3.05, 3.63) is 35.4 Å². The quantitative estimate of drug-likeness (QED) is 0.826. The molecule has 20 heavy (non-hydrogen) atoms. The third kappa shape index (κ3) is 3.75. The first-order valence-corrected chi connectivity index (χ1v) is 7.31. The molecule has 112 valence electrons. The maximum Gasteiger partial charge on any atom is 0.416 e. The summed E-state index contributed by atoms with van der Waals surface area (Å²) in [5, 5.41) is 3.52. The first kappa shape index (κ1) is 15.4. The molecule has 2 unspecified atom stereocenters. The van der Waals surface area contributed by atoms with Crippen LogP contribution in [-0.2, 0) is 6.18 Å². The number of rotatable bonds is 4. The predicted octanol–water partition coefficient (Wildman–Crippen LogP) is 4.93. The van der Waals surface area contributed by atoms with Crippen LogP contribution in [0.15, 0.2) is 24.3 Å². The van der Waals surface area contributed by atoms with Crippen LogP contribution in [0, 0.1) is 5.92 Å². The molecule has 1 fully saturated rings. The molecular formula is C16H22F3N. The Morgan fingerprint density at radius 3 is 2.10 bits per heavy atom. The molecule has 0 spiro atoms. The van der Waals surface area contributed by atoms with E-state index in [-0.39, 0.29) is 6.04 Å². The summed E-state index contributed by atoms with van der Waals surface area (Å²) >= 11 is 0. The second kappa shape index (κ2) is 6.17. The summed E-state index contributed by atoms with van der Waals surface area (Å²) in [6, 6.07) is 5.95. The zero-order valence-electron chi connectivity index (χ0n) is 12.0. The molecule has 1 aliphatic rings. The standard InChI is InChI=1S/C16H22F3N/c1-11(13-5-3-4-6-13)20-12(2)14-7-9-15(10-8-14)16(17,18)19/h7-13,20H,3-6H2,1-2H3. The minimum atomic E-state index is -4.26. The topological polar surface area (TPSA) is 12.0 Å². The van der Waals surface area contributed by atoms with Crippen molar-refractivity contribution in [1.82, 2.24) is 5.32 Å². The molecule has 0 radical (unpaired) electrons. The monoisotopic (exact) mass is 285 g/mol. The summed E-state index contributed by atoms with van der Waals surface area (Å²) in [5.41, 5.74) is 0.320. The van der Waals surface area contributed by atoms with Gasteiger partial charge < -0.3 is 5.32 Å². The number of hydrogen-bond donors (Lipinski definition) is 1. The van der Waals surface area contributed by atoms with Gasteiger partial charge in [0.25, 0.3) is 0 Å². The molecule has 0 aromatic heterocycles. The van der Waals surface area contributed by atoms with Gasteiger partial charge in [0, 0.05) is 12.1 Å². The average Bonchev–Trinajstić information content (AvgIpc) is 2.91. The normalized spacial score (nSPS) is 20.1. The molecule has 4 heteroatoms. The van der Waals surface area contributed by atoms with Crippen LogP contribution in [0.25, 0.3) is 0 Å². The summed E-state index contributed by atoms with van der Waals surface area (Å²) in [7, 11) is 0. The Hall–Kier alpha value is -1.03. The van der Waals surface area contributed by atoms with E-state index in [1.807, 2.05) is 6.92 Å². The van der Waals surface area contributed by atoms with Gasteiger partial charge in [-0.1, -0.05) is 25.0 Å². The van der Waals surface area contributed by atoms with Gasteiger partial charge in [-0.2, -0.15) is 13.2 Å². The average molecular weight is 285 g/mol. The first-order chi connectivity index (χ1) is 9.38. The number of benzene rings is 1. The van der Waals surface area contributed by atoms with E-state index in [0.29, 0.717) is 12.0 Å². The van der Waals surface area contributed by atoms with Gasteiger partial charge in [-0.05, 0) is 50.3 Å². The summed E-state index contributed by atoms with van der Waals surface area (Å²) in [4.78, 5) is 0. The van der Waals surface area contributed by atoms with E-state index in [1.165, 1.54) is 25.7 Å². The lowest BCUT2D eigenvalue weighted by Crippen LogP contribution is -2.34. The molecule has 1 aromatic rings. The Morgan fingerprint density at radius 2 is 1.60 bits per heavy atom. The number of nitrogens with one attached hydrogen (secondary N) is 1. The second-order valence-electron chi connectivity index (χ2n) is 5.84. The fourth-order valence-electron chi connectivity index (χ4n) is 3.04. The highest BCUT2D eigenvalue weighted by Crippen LogP contribution is 2.31. The Kier molecular flexibility index (Phi) is 4.74. The van der Waals surface area contributed by atoms with Crippen molar-refractivity contribution in [2.45, 2.75) is 57.8 Å². The Labute approximate surface area is 118 Å². The first-order valence-electron chi connectivity index (χ1n) is 7.31. The predicted molar refractivity (Wildman–Crippen MR) is 74.4 cm³/mol. The minimum Gasteiger partial charge on any atom is -0.307 e. The molecular weight excluding hydrogens is 263 g/mol. The van der Waals surface area contributed by atoms with Crippen LogP contribution in [0.4, 0.5) is 13.2 Å². The zero-order valence-corrected chi connectivity index (χ0v) is 12.0. The van der Waals surface area contributed by atoms with E-state index < -0.39 is 11.7 Å². The van der Waals surface area contributed by atoms with Gasteiger partial charge in [-0.15, -0.1) is 0 Å². The van der Waals surface area contributed by atoms with Gasteiger partial charge >= 0.3 is 6.18 Å². The molecule has 2 atom stereocenters. The van der Waals surface area contributed by atoms with Crippen LogP contribution in [0.3, 0.4) is 0 Å². The summed E-state index contributed by atoms with van der Waals surface area (Å²) in [6.45, 7) is 4.19. The molecule has 0 bridgehead atoms. The maximum atomic E-state index is 12.5. The van der Waals surface area contributed by atoms with Crippen molar-refractivity contribution in [3.63, 3.8) is 0 Å². The number of halogens is 3. The van der Waals surface area contributed by atoms with E-state index in [0.717, 1.165) is 17.7 Å². The summed E-state index contributed by atoms with van der Waals surface area (Å²) in [6.07, 6.45) is 0.852. The van der Waals surface area contributed by atoms with Crippen LogP contribution in [0.1, 0.15) is 56.7 Å².